The van der Waals surface area contributed by atoms with Gasteiger partial charge in [-0.05, 0) is 60.1 Å². The van der Waals surface area contributed by atoms with Gasteiger partial charge >= 0.3 is 0 Å². The lowest BCUT2D eigenvalue weighted by Gasteiger charge is -2.13. The molecule has 0 saturated heterocycles. The number of carbonyl (C=O) groups is 1. The second kappa shape index (κ2) is 6.76. The fourth-order valence-corrected chi connectivity index (χ4v) is 2.51. The van der Waals surface area contributed by atoms with E-state index in [-0.39, 0.29) is 11.9 Å². The number of hydrogen-bond acceptors (Lipinski definition) is 3. The SMILES string of the molecule is COc1ccc(C(=O)c2ccccc2OC(C)C)cc1Br. The van der Waals surface area contributed by atoms with Crippen LogP contribution in [0.2, 0.25) is 0 Å². The van der Waals surface area contributed by atoms with Crippen molar-refractivity contribution in [3.8, 4) is 11.5 Å². The molecular weight excluding hydrogens is 332 g/mol. The Morgan fingerprint density at radius 3 is 2.43 bits per heavy atom. The van der Waals surface area contributed by atoms with Crippen LogP contribution >= 0.6 is 15.9 Å². The molecule has 0 fully saturated rings. The molecule has 0 atom stereocenters. The number of ketones is 1. The smallest absolute Gasteiger partial charge is 0.196 e. The zero-order chi connectivity index (χ0) is 15.4. The van der Waals surface area contributed by atoms with Crippen molar-refractivity contribution in [1.82, 2.24) is 0 Å². The van der Waals surface area contributed by atoms with Crippen LogP contribution < -0.4 is 9.47 Å². The van der Waals surface area contributed by atoms with Gasteiger partial charge in [-0.1, -0.05) is 12.1 Å². The maximum Gasteiger partial charge on any atom is 0.196 e. The van der Waals surface area contributed by atoms with Crippen LogP contribution in [0.5, 0.6) is 11.5 Å². The van der Waals surface area contributed by atoms with Crippen LogP contribution in [0.3, 0.4) is 0 Å². The van der Waals surface area contributed by atoms with Gasteiger partial charge in [0.15, 0.2) is 5.78 Å². The lowest BCUT2D eigenvalue weighted by atomic mass is 10.0. The number of ether oxygens (including phenoxy) is 2. The average Bonchev–Trinajstić information content (AvgIpc) is 2.46. The van der Waals surface area contributed by atoms with E-state index >= 15 is 0 Å². The van der Waals surface area contributed by atoms with Crippen LogP contribution in [0.15, 0.2) is 46.9 Å². The molecule has 2 aromatic rings. The van der Waals surface area contributed by atoms with E-state index in [1.165, 1.54) is 0 Å². The van der Waals surface area contributed by atoms with Gasteiger partial charge in [-0.25, -0.2) is 0 Å². The predicted octanol–water partition coefficient (Wildman–Crippen LogP) is 4.48. The molecule has 0 unspecified atom stereocenters. The molecule has 4 heteroatoms. The first kappa shape index (κ1) is 15.6. The highest BCUT2D eigenvalue weighted by Gasteiger charge is 2.16. The monoisotopic (exact) mass is 348 g/mol. The van der Waals surface area contributed by atoms with Crippen LogP contribution in [0, 0.1) is 0 Å². The number of para-hydroxylation sites is 1. The topological polar surface area (TPSA) is 35.5 Å². The van der Waals surface area contributed by atoms with E-state index in [4.69, 9.17) is 9.47 Å². The molecule has 110 valence electrons. The summed E-state index contributed by atoms with van der Waals surface area (Å²) in [6.07, 6.45) is 0.0153. The fraction of sp³-hybridized carbons (Fsp3) is 0.235. The molecule has 0 N–H and O–H groups in total. The first-order chi connectivity index (χ1) is 10.0. The Kier molecular flexibility index (Phi) is 5.02. The number of carbonyl (C=O) groups excluding carboxylic acids is 1. The minimum Gasteiger partial charge on any atom is -0.496 e. The van der Waals surface area contributed by atoms with Crippen molar-refractivity contribution in [2.75, 3.05) is 7.11 Å². The van der Waals surface area contributed by atoms with Gasteiger partial charge in [0.2, 0.25) is 0 Å². The molecule has 0 amide bonds. The lowest BCUT2D eigenvalue weighted by Crippen LogP contribution is -2.10. The zero-order valence-electron chi connectivity index (χ0n) is 12.2. The highest BCUT2D eigenvalue weighted by atomic mass is 79.9. The number of hydrogen-bond donors (Lipinski definition) is 0. The summed E-state index contributed by atoms with van der Waals surface area (Å²) in [5, 5.41) is 0. The van der Waals surface area contributed by atoms with E-state index in [1.54, 1.807) is 31.4 Å². The molecule has 0 radical (unpaired) electrons. The molecule has 0 bridgehead atoms. The summed E-state index contributed by atoms with van der Waals surface area (Å²) >= 11 is 3.40. The van der Waals surface area contributed by atoms with Crippen LogP contribution in [0.4, 0.5) is 0 Å². The van der Waals surface area contributed by atoms with E-state index in [2.05, 4.69) is 15.9 Å². The predicted molar refractivity (Wildman–Crippen MR) is 86.3 cm³/mol. The number of halogens is 1. The highest BCUT2D eigenvalue weighted by molar-refractivity contribution is 9.10. The second-order valence-electron chi connectivity index (χ2n) is 4.84. The Hall–Kier alpha value is -1.81. The Balaban J connectivity index is 2.38. The molecule has 3 nitrogen and oxygen atoms in total. The van der Waals surface area contributed by atoms with Gasteiger partial charge < -0.3 is 9.47 Å². The summed E-state index contributed by atoms with van der Waals surface area (Å²) in [6.45, 7) is 3.87. The van der Waals surface area contributed by atoms with E-state index in [0.717, 1.165) is 4.47 Å². The third-order valence-electron chi connectivity index (χ3n) is 2.91. The standard InChI is InChI=1S/C17H17BrO3/c1-11(2)21-15-7-5-4-6-13(15)17(19)12-8-9-16(20-3)14(18)10-12/h4-11H,1-3H3. The van der Waals surface area contributed by atoms with Gasteiger partial charge in [-0.3, -0.25) is 4.79 Å². The van der Waals surface area contributed by atoms with Gasteiger partial charge in [0.1, 0.15) is 11.5 Å². The summed E-state index contributed by atoms with van der Waals surface area (Å²) in [7, 11) is 1.59. The number of methoxy groups -OCH3 is 1. The molecule has 21 heavy (non-hydrogen) atoms. The summed E-state index contributed by atoms with van der Waals surface area (Å²) in [4.78, 5) is 12.7. The molecule has 2 rings (SSSR count). The van der Waals surface area contributed by atoms with Crippen LogP contribution in [-0.4, -0.2) is 19.0 Å². The minimum atomic E-state index is -0.0744. The summed E-state index contributed by atoms with van der Waals surface area (Å²) in [6, 6.07) is 12.6. The van der Waals surface area contributed by atoms with Crippen molar-refractivity contribution in [1.29, 1.82) is 0 Å². The molecule has 0 aliphatic heterocycles. The van der Waals surface area contributed by atoms with Gasteiger partial charge in [0.25, 0.3) is 0 Å². The average molecular weight is 349 g/mol. The van der Waals surface area contributed by atoms with Gasteiger partial charge in [-0.15, -0.1) is 0 Å². The lowest BCUT2D eigenvalue weighted by molar-refractivity contribution is 0.103. The molecule has 0 saturated carbocycles. The highest BCUT2D eigenvalue weighted by Crippen LogP contribution is 2.28. The maximum absolute atomic E-state index is 12.7. The molecule has 0 aromatic heterocycles. The van der Waals surface area contributed by atoms with E-state index in [9.17, 15) is 4.79 Å². The molecular formula is C17H17BrO3. The largest absolute Gasteiger partial charge is 0.496 e. The molecule has 0 aliphatic carbocycles. The Bertz CT molecular complexity index is 650. The van der Waals surface area contributed by atoms with E-state index < -0.39 is 0 Å². The van der Waals surface area contributed by atoms with Gasteiger partial charge in [-0.2, -0.15) is 0 Å². The van der Waals surface area contributed by atoms with E-state index in [1.807, 2.05) is 32.0 Å². The minimum absolute atomic E-state index is 0.0153. The van der Waals surface area contributed by atoms with Crippen molar-refractivity contribution in [3.05, 3.63) is 58.1 Å². The maximum atomic E-state index is 12.7. The van der Waals surface area contributed by atoms with Crippen LogP contribution in [-0.2, 0) is 0 Å². The van der Waals surface area contributed by atoms with E-state index in [0.29, 0.717) is 22.6 Å². The Morgan fingerprint density at radius 2 is 1.81 bits per heavy atom. The third kappa shape index (κ3) is 3.64. The Morgan fingerprint density at radius 1 is 1.10 bits per heavy atom. The normalized spacial score (nSPS) is 10.5. The summed E-state index contributed by atoms with van der Waals surface area (Å²) in [5.41, 5.74) is 1.14. The first-order valence-electron chi connectivity index (χ1n) is 6.67. The zero-order valence-corrected chi connectivity index (χ0v) is 13.8. The second-order valence-corrected chi connectivity index (χ2v) is 5.70. The van der Waals surface area contributed by atoms with Crippen molar-refractivity contribution < 1.29 is 14.3 Å². The van der Waals surface area contributed by atoms with Gasteiger partial charge in [0, 0.05) is 5.56 Å². The van der Waals surface area contributed by atoms with Crippen LogP contribution in [0.1, 0.15) is 29.8 Å². The molecule has 0 heterocycles. The Labute approximate surface area is 133 Å². The fourth-order valence-electron chi connectivity index (χ4n) is 1.97. The van der Waals surface area contributed by atoms with Gasteiger partial charge in [0.05, 0.1) is 23.2 Å². The number of benzene rings is 2. The molecule has 0 aliphatic rings. The third-order valence-corrected chi connectivity index (χ3v) is 3.53. The molecule has 0 spiro atoms. The number of rotatable bonds is 5. The van der Waals surface area contributed by atoms with Crippen molar-refractivity contribution >= 4 is 21.7 Å². The van der Waals surface area contributed by atoms with Crippen molar-refractivity contribution in [3.63, 3.8) is 0 Å². The van der Waals surface area contributed by atoms with Crippen LogP contribution in [0.25, 0.3) is 0 Å². The summed E-state index contributed by atoms with van der Waals surface area (Å²) < 4.78 is 11.6. The molecule has 2 aromatic carbocycles. The summed E-state index contributed by atoms with van der Waals surface area (Å²) in [5.74, 6) is 1.22. The quantitative estimate of drug-likeness (QED) is 0.747. The van der Waals surface area contributed by atoms with Crippen molar-refractivity contribution in [2.24, 2.45) is 0 Å². The van der Waals surface area contributed by atoms with Crippen molar-refractivity contribution in [2.45, 2.75) is 20.0 Å². The first-order valence-corrected chi connectivity index (χ1v) is 7.46.